The smallest absolute Gasteiger partial charge is 0.339 e. The van der Waals surface area contributed by atoms with E-state index in [1.807, 2.05) is 13.8 Å². The molecule has 0 aliphatic heterocycles. The van der Waals surface area contributed by atoms with Crippen LogP contribution in [-0.4, -0.2) is 16.8 Å². The van der Waals surface area contributed by atoms with Crippen LogP contribution in [0.2, 0.25) is 0 Å². The highest BCUT2D eigenvalue weighted by atomic mass is 32.2. The first kappa shape index (κ1) is 27.4. The van der Waals surface area contributed by atoms with Crippen LogP contribution in [0.25, 0.3) is 11.0 Å². The highest BCUT2D eigenvalue weighted by molar-refractivity contribution is 7.87. The average Bonchev–Trinajstić information content (AvgIpc) is 2.86. The molecule has 0 unspecified atom stereocenters. The summed E-state index contributed by atoms with van der Waals surface area (Å²) < 4.78 is 68.7. The molecule has 0 fully saturated rings. The fourth-order valence-corrected chi connectivity index (χ4v) is 5.91. The van der Waals surface area contributed by atoms with Gasteiger partial charge in [-0.25, -0.2) is 4.79 Å². The minimum atomic E-state index is -4.45. The van der Waals surface area contributed by atoms with Crippen LogP contribution < -0.4 is 14.0 Å². The number of rotatable bonds is 10. The second-order valence-electron chi connectivity index (χ2n) is 8.88. The fourth-order valence-electron chi connectivity index (χ4n) is 4.03. The van der Waals surface area contributed by atoms with E-state index in [1.54, 1.807) is 31.2 Å². The molecule has 1 heterocycles. The van der Waals surface area contributed by atoms with Gasteiger partial charge >= 0.3 is 25.9 Å². The highest BCUT2D eigenvalue weighted by Crippen LogP contribution is 2.39. The lowest BCUT2D eigenvalue weighted by molar-refractivity contribution is 0.443. The van der Waals surface area contributed by atoms with Crippen LogP contribution in [0.1, 0.15) is 43.4 Å². The molecular formula is C28H28O8S2. The quantitative estimate of drug-likeness (QED) is 0.185. The van der Waals surface area contributed by atoms with Gasteiger partial charge in [0.1, 0.15) is 9.79 Å². The maximum atomic E-state index is 13.2. The molecule has 0 aliphatic rings. The first-order valence-corrected chi connectivity index (χ1v) is 15.0. The van der Waals surface area contributed by atoms with E-state index in [0.29, 0.717) is 10.9 Å². The minimum Gasteiger partial charge on any atom is -0.418 e. The summed E-state index contributed by atoms with van der Waals surface area (Å²) >= 11 is 0. The van der Waals surface area contributed by atoms with Gasteiger partial charge in [-0.2, -0.15) is 16.8 Å². The molecular weight excluding hydrogens is 528 g/mol. The van der Waals surface area contributed by atoms with Crippen LogP contribution in [0.3, 0.4) is 0 Å². The van der Waals surface area contributed by atoms with Crippen molar-refractivity contribution in [2.45, 2.75) is 56.2 Å². The van der Waals surface area contributed by atoms with Gasteiger partial charge in [0.15, 0.2) is 11.3 Å². The fraction of sp³-hybridized carbons (Fsp3) is 0.250. The van der Waals surface area contributed by atoms with Crippen molar-refractivity contribution in [1.82, 2.24) is 0 Å². The molecule has 10 heteroatoms. The third-order valence-corrected chi connectivity index (χ3v) is 8.42. The monoisotopic (exact) mass is 556 g/mol. The molecule has 0 saturated carbocycles. The Hall–Kier alpha value is -3.63. The van der Waals surface area contributed by atoms with Gasteiger partial charge in [0.05, 0.1) is 0 Å². The van der Waals surface area contributed by atoms with Crippen LogP contribution in [-0.2, 0) is 33.1 Å². The maximum absolute atomic E-state index is 13.2. The molecule has 0 bridgehead atoms. The largest absolute Gasteiger partial charge is 0.418 e. The summed E-state index contributed by atoms with van der Waals surface area (Å²) in [5, 5.41) is 0.363. The van der Waals surface area contributed by atoms with E-state index >= 15 is 0 Å². The van der Waals surface area contributed by atoms with E-state index < -0.39 is 37.4 Å². The van der Waals surface area contributed by atoms with E-state index in [1.165, 1.54) is 42.5 Å². The lowest BCUT2D eigenvalue weighted by Gasteiger charge is -2.15. The Morgan fingerprint density at radius 3 is 1.71 bits per heavy atom. The standard InChI is InChI=1S/C28H28O8S2/c1-4-6-20-8-12-22(13-9-20)37(30,31)35-25-17-16-24-19(3)18-26(29)34-27(24)28(25)36-38(32,33)23-14-10-21(7-5-2)11-15-23/h8-18H,4-7H2,1-3H3. The summed E-state index contributed by atoms with van der Waals surface area (Å²) in [4.78, 5) is 11.9. The number of benzene rings is 3. The van der Waals surface area contributed by atoms with Gasteiger partial charge in [-0.1, -0.05) is 51.0 Å². The van der Waals surface area contributed by atoms with E-state index in [2.05, 4.69) is 0 Å². The van der Waals surface area contributed by atoms with E-state index in [-0.39, 0.29) is 15.4 Å². The summed E-state index contributed by atoms with van der Waals surface area (Å²) in [5.74, 6) is -0.970. The van der Waals surface area contributed by atoms with Crippen molar-refractivity contribution in [2.24, 2.45) is 0 Å². The molecule has 0 amide bonds. The molecule has 38 heavy (non-hydrogen) atoms. The van der Waals surface area contributed by atoms with Crippen LogP contribution in [0.5, 0.6) is 11.5 Å². The molecule has 0 N–H and O–H groups in total. The van der Waals surface area contributed by atoms with Crippen LogP contribution in [0.15, 0.2) is 85.7 Å². The minimum absolute atomic E-state index is 0.122. The van der Waals surface area contributed by atoms with Gasteiger partial charge in [-0.05, 0) is 72.9 Å². The summed E-state index contributed by atoms with van der Waals surface area (Å²) in [6.07, 6.45) is 3.37. The Morgan fingerprint density at radius 1 is 0.711 bits per heavy atom. The SMILES string of the molecule is CCCc1ccc(S(=O)(=O)Oc2ccc3c(C)cc(=O)oc3c2OS(=O)(=O)c2ccc(CCC)cc2)cc1. The van der Waals surface area contributed by atoms with Gasteiger partial charge in [0.25, 0.3) is 0 Å². The molecule has 0 aliphatic carbocycles. The Morgan fingerprint density at radius 2 is 1.21 bits per heavy atom. The molecule has 4 rings (SSSR count). The van der Waals surface area contributed by atoms with E-state index in [4.69, 9.17) is 12.8 Å². The van der Waals surface area contributed by atoms with Crippen LogP contribution in [0, 0.1) is 6.92 Å². The van der Waals surface area contributed by atoms with Crippen molar-refractivity contribution in [1.29, 1.82) is 0 Å². The number of hydrogen-bond acceptors (Lipinski definition) is 8. The maximum Gasteiger partial charge on any atom is 0.339 e. The zero-order valence-electron chi connectivity index (χ0n) is 21.3. The van der Waals surface area contributed by atoms with Crippen molar-refractivity contribution in [2.75, 3.05) is 0 Å². The molecule has 0 spiro atoms. The molecule has 0 radical (unpaired) electrons. The topological polar surface area (TPSA) is 117 Å². The van der Waals surface area contributed by atoms with Crippen molar-refractivity contribution < 1.29 is 29.6 Å². The van der Waals surface area contributed by atoms with Crippen molar-refractivity contribution >= 4 is 31.2 Å². The van der Waals surface area contributed by atoms with Crippen molar-refractivity contribution in [3.8, 4) is 11.5 Å². The van der Waals surface area contributed by atoms with Crippen LogP contribution >= 0.6 is 0 Å². The predicted octanol–water partition coefficient (Wildman–Crippen LogP) is 5.54. The highest BCUT2D eigenvalue weighted by Gasteiger charge is 2.27. The summed E-state index contributed by atoms with van der Waals surface area (Å²) in [7, 11) is -8.84. The molecule has 8 nitrogen and oxygen atoms in total. The zero-order chi connectivity index (χ0) is 27.5. The van der Waals surface area contributed by atoms with Gasteiger partial charge in [0.2, 0.25) is 5.75 Å². The number of aryl methyl sites for hydroxylation is 3. The molecule has 1 aromatic heterocycles. The second-order valence-corrected chi connectivity index (χ2v) is 12.0. The van der Waals surface area contributed by atoms with E-state index in [9.17, 15) is 21.6 Å². The molecule has 0 saturated heterocycles. The van der Waals surface area contributed by atoms with Gasteiger partial charge in [-0.3, -0.25) is 0 Å². The summed E-state index contributed by atoms with van der Waals surface area (Å²) in [6.45, 7) is 5.67. The van der Waals surface area contributed by atoms with Crippen LogP contribution in [0.4, 0.5) is 0 Å². The van der Waals surface area contributed by atoms with E-state index in [0.717, 1.165) is 36.8 Å². The normalized spacial score (nSPS) is 12.0. The molecule has 3 aromatic carbocycles. The molecule has 200 valence electrons. The first-order chi connectivity index (χ1) is 18.0. The molecule has 0 atom stereocenters. The van der Waals surface area contributed by atoms with Gasteiger partial charge in [0, 0.05) is 11.5 Å². The average molecular weight is 557 g/mol. The molecule has 4 aromatic rings. The van der Waals surface area contributed by atoms with Crippen molar-refractivity contribution in [3.63, 3.8) is 0 Å². The second kappa shape index (κ2) is 11.0. The van der Waals surface area contributed by atoms with Crippen molar-refractivity contribution in [3.05, 3.63) is 93.8 Å². The number of hydrogen-bond donors (Lipinski definition) is 0. The number of fused-ring (bicyclic) bond motifs is 1. The zero-order valence-corrected chi connectivity index (χ0v) is 22.9. The Kier molecular flexibility index (Phi) is 7.94. The van der Waals surface area contributed by atoms with Gasteiger partial charge in [-0.15, -0.1) is 0 Å². The van der Waals surface area contributed by atoms with Gasteiger partial charge < -0.3 is 12.8 Å². The lowest BCUT2D eigenvalue weighted by Crippen LogP contribution is -2.14. The third-order valence-electron chi connectivity index (χ3n) is 5.93. The lowest BCUT2D eigenvalue weighted by atomic mass is 10.1. The summed E-state index contributed by atoms with van der Waals surface area (Å²) in [5.41, 5.74) is 1.41. The Labute approximate surface area is 222 Å². The third kappa shape index (κ3) is 5.92. The predicted molar refractivity (Wildman–Crippen MR) is 144 cm³/mol. The Bertz CT molecular complexity index is 1720. The first-order valence-electron chi connectivity index (χ1n) is 12.2. The summed E-state index contributed by atoms with van der Waals surface area (Å²) in [6, 6.07) is 16.4. The Balaban J connectivity index is 1.80.